The van der Waals surface area contributed by atoms with Gasteiger partial charge in [-0.2, -0.15) is 0 Å². The van der Waals surface area contributed by atoms with Crippen LogP contribution in [0.1, 0.15) is 21.5 Å². The van der Waals surface area contributed by atoms with Crippen molar-refractivity contribution in [2.45, 2.75) is 6.42 Å². The number of rotatable bonds is 5. The van der Waals surface area contributed by atoms with Crippen molar-refractivity contribution in [3.63, 3.8) is 0 Å². The molecule has 1 amide bonds. The molecule has 6 nitrogen and oxygen atoms in total. The number of carbonyl (C=O) groups excluding carboxylic acids is 1. The molecule has 2 rings (SSSR count). The Morgan fingerprint density at radius 2 is 1.95 bits per heavy atom. The number of nitrogens with one attached hydrogen (secondary N) is 1. The van der Waals surface area contributed by atoms with Crippen LogP contribution in [0.4, 0.5) is 0 Å². The van der Waals surface area contributed by atoms with Crippen LogP contribution in [0, 0.1) is 0 Å². The number of aromatic nitrogens is 1. The number of nitrogens with two attached hydrogens (primary N) is 1. The number of hydrogen-bond donors (Lipinski definition) is 3. The fourth-order valence-corrected chi connectivity index (χ4v) is 1.82. The lowest BCUT2D eigenvalue weighted by atomic mass is 10.1. The molecule has 6 heteroatoms. The van der Waals surface area contributed by atoms with E-state index in [9.17, 15) is 4.79 Å². The van der Waals surface area contributed by atoms with Crippen molar-refractivity contribution < 1.29 is 10.0 Å². The summed E-state index contributed by atoms with van der Waals surface area (Å²) in [6.45, 7) is 0.534. The van der Waals surface area contributed by atoms with Gasteiger partial charge >= 0.3 is 0 Å². The van der Waals surface area contributed by atoms with Crippen LogP contribution in [-0.4, -0.2) is 28.5 Å². The molecule has 21 heavy (non-hydrogen) atoms. The second-order valence-electron chi connectivity index (χ2n) is 4.43. The maximum absolute atomic E-state index is 11.9. The van der Waals surface area contributed by atoms with Crippen LogP contribution in [0.3, 0.4) is 0 Å². The molecule has 4 N–H and O–H groups in total. The van der Waals surface area contributed by atoms with Crippen molar-refractivity contribution >= 4 is 11.7 Å². The first-order valence-electron chi connectivity index (χ1n) is 6.46. The molecule has 108 valence electrons. The minimum Gasteiger partial charge on any atom is -0.409 e. The number of nitrogens with zero attached hydrogens (tertiary/aromatic N) is 2. The molecule has 0 bridgehead atoms. The summed E-state index contributed by atoms with van der Waals surface area (Å²) in [7, 11) is 0. The number of amidine groups is 1. The first-order chi connectivity index (χ1) is 10.2. The van der Waals surface area contributed by atoms with Crippen molar-refractivity contribution in [2.75, 3.05) is 6.54 Å². The van der Waals surface area contributed by atoms with E-state index in [4.69, 9.17) is 10.9 Å². The lowest BCUT2D eigenvalue weighted by Crippen LogP contribution is -2.25. The zero-order chi connectivity index (χ0) is 15.1. The summed E-state index contributed by atoms with van der Waals surface area (Å²) in [6.07, 6.45) is 4.21. The van der Waals surface area contributed by atoms with E-state index < -0.39 is 0 Å². The molecule has 0 aliphatic rings. The highest BCUT2D eigenvalue weighted by atomic mass is 16.4. The minimum atomic E-state index is -0.162. The highest BCUT2D eigenvalue weighted by Crippen LogP contribution is 2.04. The Bertz CT molecular complexity index is 624. The van der Waals surface area contributed by atoms with Crippen LogP contribution in [0.5, 0.6) is 0 Å². The van der Waals surface area contributed by atoms with Crippen molar-refractivity contribution in [1.82, 2.24) is 10.3 Å². The SMILES string of the molecule is N/C(=N\O)c1ccc(C(=O)NCCc2cccnc2)cc1. The van der Waals surface area contributed by atoms with Gasteiger partial charge in [0.15, 0.2) is 5.84 Å². The monoisotopic (exact) mass is 284 g/mol. The fraction of sp³-hybridized carbons (Fsp3) is 0.133. The molecule has 0 saturated heterocycles. The molecule has 0 aliphatic carbocycles. The maximum atomic E-state index is 11.9. The van der Waals surface area contributed by atoms with E-state index in [-0.39, 0.29) is 11.7 Å². The molecule has 0 atom stereocenters. The molecular weight excluding hydrogens is 268 g/mol. The van der Waals surface area contributed by atoms with Crippen LogP contribution in [-0.2, 0) is 6.42 Å². The summed E-state index contributed by atoms with van der Waals surface area (Å²) in [5.74, 6) is -0.150. The fourth-order valence-electron chi connectivity index (χ4n) is 1.82. The van der Waals surface area contributed by atoms with E-state index in [0.29, 0.717) is 17.7 Å². The molecule has 0 aliphatic heterocycles. The number of amides is 1. The Morgan fingerprint density at radius 1 is 1.24 bits per heavy atom. The summed E-state index contributed by atoms with van der Waals surface area (Å²) in [5.41, 5.74) is 7.61. The smallest absolute Gasteiger partial charge is 0.251 e. The summed E-state index contributed by atoms with van der Waals surface area (Å²) in [4.78, 5) is 16.0. The molecular formula is C15H16N4O2. The number of pyridine rings is 1. The van der Waals surface area contributed by atoms with Gasteiger partial charge in [-0.25, -0.2) is 0 Å². The van der Waals surface area contributed by atoms with Crippen molar-refractivity contribution in [2.24, 2.45) is 10.9 Å². The van der Waals surface area contributed by atoms with Crippen molar-refractivity contribution in [1.29, 1.82) is 0 Å². The first-order valence-corrected chi connectivity index (χ1v) is 6.46. The lowest BCUT2D eigenvalue weighted by Gasteiger charge is -2.06. The average molecular weight is 284 g/mol. The second-order valence-corrected chi connectivity index (χ2v) is 4.43. The molecule has 1 heterocycles. The molecule has 0 radical (unpaired) electrons. The van der Waals surface area contributed by atoms with E-state index in [1.165, 1.54) is 0 Å². The second kappa shape index (κ2) is 7.04. The molecule has 2 aromatic rings. The normalized spacial score (nSPS) is 11.1. The number of hydrogen-bond acceptors (Lipinski definition) is 4. The first kappa shape index (κ1) is 14.5. The van der Waals surface area contributed by atoms with E-state index in [2.05, 4.69) is 15.5 Å². The molecule has 0 spiro atoms. The van der Waals surface area contributed by atoms with Crippen LogP contribution >= 0.6 is 0 Å². The zero-order valence-electron chi connectivity index (χ0n) is 11.4. The summed E-state index contributed by atoms with van der Waals surface area (Å²) in [5, 5.41) is 14.3. The highest BCUT2D eigenvalue weighted by Gasteiger charge is 2.06. The van der Waals surface area contributed by atoms with Gasteiger partial charge in [0.25, 0.3) is 5.91 Å². The zero-order valence-corrected chi connectivity index (χ0v) is 11.4. The van der Waals surface area contributed by atoms with E-state index in [1.54, 1.807) is 36.7 Å². The molecule has 1 aromatic heterocycles. The minimum absolute atomic E-state index is 0.0125. The van der Waals surface area contributed by atoms with Gasteiger partial charge in [0.2, 0.25) is 0 Å². The van der Waals surface area contributed by atoms with Crippen LogP contribution in [0.2, 0.25) is 0 Å². The number of benzene rings is 1. The third kappa shape index (κ3) is 4.04. The van der Waals surface area contributed by atoms with Crippen LogP contribution in [0.25, 0.3) is 0 Å². The van der Waals surface area contributed by atoms with Gasteiger partial charge in [-0.1, -0.05) is 23.4 Å². The van der Waals surface area contributed by atoms with Crippen LogP contribution < -0.4 is 11.1 Å². The van der Waals surface area contributed by atoms with Gasteiger partial charge in [0.05, 0.1) is 0 Å². The van der Waals surface area contributed by atoms with Crippen molar-refractivity contribution in [3.8, 4) is 0 Å². The van der Waals surface area contributed by atoms with Gasteiger partial charge in [-0.15, -0.1) is 0 Å². The Balaban J connectivity index is 1.89. The van der Waals surface area contributed by atoms with Gasteiger partial charge in [-0.05, 0) is 30.2 Å². The third-order valence-corrected chi connectivity index (χ3v) is 2.97. The maximum Gasteiger partial charge on any atom is 0.251 e. The molecule has 0 saturated carbocycles. The molecule has 0 fully saturated rings. The highest BCUT2D eigenvalue weighted by molar-refractivity contribution is 5.99. The van der Waals surface area contributed by atoms with Gasteiger partial charge in [0.1, 0.15) is 0 Å². The average Bonchev–Trinajstić information content (AvgIpc) is 2.55. The topological polar surface area (TPSA) is 101 Å². The summed E-state index contributed by atoms with van der Waals surface area (Å²) >= 11 is 0. The largest absolute Gasteiger partial charge is 0.409 e. The number of oxime groups is 1. The Morgan fingerprint density at radius 3 is 2.57 bits per heavy atom. The standard InChI is InChI=1S/C15H16N4O2/c16-14(19-21)12-3-5-13(6-4-12)15(20)18-9-7-11-2-1-8-17-10-11/h1-6,8,10,21H,7,9H2,(H2,16,19)(H,18,20). The Labute approximate surface area is 122 Å². The predicted octanol–water partition coefficient (Wildman–Crippen LogP) is 1.15. The third-order valence-electron chi connectivity index (χ3n) is 2.97. The number of carbonyl (C=O) groups is 1. The summed E-state index contributed by atoms with van der Waals surface area (Å²) < 4.78 is 0. The molecule has 1 aromatic carbocycles. The predicted molar refractivity (Wildman–Crippen MR) is 79.2 cm³/mol. The summed E-state index contributed by atoms with van der Waals surface area (Å²) in [6, 6.07) is 10.4. The van der Waals surface area contributed by atoms with Gasteiger partial charge in [0, 0.05) is 30.1 Å². The van der Waals surface area contributed by atoms with E-state index >= 15 is 0 Å². The van der Waals surface area contributed by atoms with E-state index in [1.807, 2.05) is 12.1 Å². The van der Waals surface area contributed by atoms with Gasteiger partial charge < -0.3 is 16.3 Å². The Kier molecular flexibility index (Phi) is 4.87. The lowest BCUT2D eigenvalue weighted by molar-refractivity contribution is 0.0954. The van der Waals surface area contributed by atoms with Crippen molar-refractivity contribution in [3.05, 3.63) is 65.5 Å². The van der Waals surface area contributed by atoms with E-state index in [0.717, 1.165) is 12.0 Å². The molecule has 0 unspecified atom stereocenters. The Hall–Kier alpha value is -2.89. The van der Waals surface area contributed by atoms with Gasteiger partial charge in [-0.3, -0.25) is 9.78 Å². The van der Waals surface area contributed by atoms with Crippen LogP contribution in [0.15, 0.2) is 53.9 Å². The quantitative estimate of drug-likeness (QED) is 0.332.